The van der Waals surface area contributed by atoms with Crippen LogP contribution in [-0.4, -0.2) is 5.91 Å². The Hall–Kier alpha value is -3.43. The molecule has 0 atom stereocenters. The van der Waals surface area contributed by atoms with Gasteiger partial charge in [-0.1, -0.05) is 30.3 Å². The molecule has 0 aliphatic heterocycles. The lowest BCUT2D eigenvalue weighted by Crippen LogP contribution is -2.20. The van der Waals surface area contributed by atoms with Crippen molar-refractivity contribution in [3.63, 3.8) is 0 Å². The molecule has 2 heterocycles. The van der Waals surface area contributed by atoms with E-state index in [1.807, 2.05) is 36.4 Å². The van der Waals surface area contributed by atoms with E-state index in [1.165, 1.54) is 16.2 Å². The first kappa shape index (κ1) is 17.7. The number of rotatable bonds is 2. The average molecular weight is 399 g/mol. The number of hydrogen-bond acceptors (Lipinski definition) is 5. The zero-order valence-electron chi connectivity index (χ0n) is 15.5. The van der Waals surface area contributed by atoms with Crippen LogP contribution in [0.15, 0.2) is 46.9 Å². The van der Waals surface area contributed by atoms with Crippen molar-refractivity contribution in [3.05, 3.63) is 69.6 Å². The molecule has 0 spiro atoms. The van der Waals surface area contributed by atoms with Crippen LogP contribution in [0.25, 0.3) is 21.7 Å². The van der Waals surface area contributed by atoms with E-state index in [0.29, 0.717) is 16.1 Å². The third kappa shape index (κ3) is 2.91. The van der Waals surface area contributed by atoms with Gasteiger partial charge in [0.15, 0.2) is 0 Å². The summed E-state index contributed by atoms with van der Waals surface area (Å²) in [6.45, 7) is 0. The molecule has 2 aromatic carbocycles. The number of benzene rings is 2. The first-order valence-corrected chi connectivity index (χ1v) is 10.3. The lowest BCUT2D eigenvalue weighted by molar-refractivity contribution is 0.102. The Morgan fingerprint density at radius 1 is 1.14 bits per heavy atom. The second-order valence-electron chi connectivity index (χ2n) is 7.17. The minimum Gasteiger partial charge on any atom is -0.438 e. The third-order valence-electron chi connectivity index (χ3n) is 5.43. The van der Waals surface area contributed by atoms with Crippen molar-refractivity contribution >= 4 is 44.0 Å². The number of nitrogens with one attached hydrogen (secondary N) is 2. The molecule has 2 aromatic heterocycles. The van der Waals surface area contributed by atoms with Crippen LogP contribution in [0.1, 0.15) is 39.2 Å². The molecule has 5 nitrogen and oxygen atoms in total. The van der Waals surface area contributed by atoms with E-state index in [4.69, 9.17) is 9.83 Å². The fraction of sp³-hybridized carbons (Fsp3) is 0.174. The number of nitriles is 1. The lowest BCUT2D eigenvalue weighted by Gasteiger charge is -2.09. The van der Waals surface area contributed by atoms with Crippen molar-refractivity contribution in [3.8, 4) is 6.07 Å². The monoisotopic (exact) mass is 399 g/mol. The Kier molecular flexibility index (Phi) is 4.18. The normalized spacial score (nSPS) is 13.2. The van der Waals surface area contributed by atoms with E-state index in [9.17, 15) is 10.1 Å². The molecule has 0 fully saturated rings. The maximum Gasteiger partial charge on any atom is 0.261 e. The van der Waals surface area contributed by atoms with Crippen LogP contribution in [0.3, 0.4) is 0 Å². The number of aryl methyl sites for hydroxylation is 1. The van der Waals surface area contributed by atoms with Crippen LogP contribution in [0.4, 0.5) is 5.00 Å². The topological polar surface area (TPSA) is 89.9 Å². The van der Waals surface area contributed by atoms with Crippen LogP contribution in [0, 0.1) is 16.7 Å². The molecule has 0 unspecified atom stereocenters. The lowest BCUT2D eigenvalue weighted by atomic mass is 9.96. The highest BCUT2D eigenvalue weighted by Crippen LogP contribution is 2.37. The van der Waals surface area contributed by atoms with Crippen LogP contribution >= 0.6 is 11.3 Å². The summed E-state index contributed by atoms with van der Waals surface area (Å²) in [6.07, 6.45) is 4.01. The first-order chi connectivity index (χ1) is 14.2. The van der Waals surface area contributed by atoms with Gasteiger partial charge in [0.1, 0.15) is 22.2 Å². The van der Waals surface area contributed by atoms with Crippen LogP contribution < -0.4 is 10.9 Å². The molecule has 4 aromatic rings. The maximum absolute atomic E-state index is 13.0. The molecule has 1 amide bonds. The number of hydrogen-bond donors (Lipinski definition) is 2. The van der Waals surface area contributed by atoms with Crippen molar-refractivity contribution in [1.82, 2.24) is 0 Å². The molecule has 29 heavy (non-hydrogen) atoms. The summed E-state index contributed by atoms with van der Waals surface area (Å²) < 4.78 is 5.64. The van der Waals surface area contributed by atoms with Crippen molar-refractivity contribution in [2.75, 3.05) is 5.32 Å². The number of amides is 1. The third-order valence-corrected chi connectivity index (χ3v) is 6.64. The summed E-state index contributed by atoms with van der Waals surface area (Å²) in [6, 6.07) is 15.6. The van der Waals surface area contributed by atoms with Gasteiger partial charge in [-0.2, -0.15) is 5.26 Å². The zero-order valence-corrected chi connectivity index (χ0v) is 16.4. The highest BCUT2D eigenvalue weighted by atomic mass is 32.1. The molecule has 1 aliphatic carbocycles. The van der Waals surface area contributed by atoms with Crippen molar-refractivity contribution in [2.45, 2.75) is 25.7 Å². The molecule has 0 bridgehead atoms. The van der Waals surface area contributed by atoms with Gasteiger partial charge in [0.2, 0.25) is 5.55 Å². The Labute approximate surface area is 170 Å². The van der Waals surface area contributed by atoms with Crippen LogP contribution in [0.2, 0.25) is 0 Å². The Morgan fingerprint density at radius 2 is 1.97 bits per heavy atom. The second kappa shape index (κ2) is 6.87. The Morgan fingerprint density at radius 3 is 2.83 bits per heavy atom. The number of carbonyl (C=O) groups is 1. The highest BCUT2D eigenvalue weighted by Gasteiger charge is 2.23. The number of nitrogens with zero attached hydrogens (tertiary/aromatic N) is 1. The average Bonchev–Trinajstić information content (AvgIpc) is 3.09. The van der Waals surface area contributed by atoms with Gasteiger partial charge in [-0.05, 0) is 54.2 Å². The molecule has 5 rings (SSSR count). The van der Waals surface area contributed by atoms with E-state index in [1.54, 1.807) is 6.07 Å². The van der Waals surface area contributed by atoms with E-state index >= 15 is 0 Å². The molecule has 0 radical (unpaired) electrons. The van der Waals surface area contributed by atoms with Gasteiger partial charge < -0.3 is 9.73 Å². The molecule has 0 saturated heterocycles. The van der Waals surface area contributed by atoms with Gasteiger partial charge in [-0.3, -0.25) is 10.2 Å². The van der Waals surface area contributed by atoms with Crippen LogP contribution in [-0.2, 0) is 12.8 Å². The Balaban J connectivity index is 1.59. The fourth-order valence-electron chi connectivity index (χ4n) is 4.00. The quantitative estimate of drug-likeness (QED) is 0.458. The SMILES string of the molecule is N#Cc1c(NC(=O)c2cc3c(ccc4ccccc43)oc2=N)sc2c1CCCC2. The largest absolute Gasteiger partial charge is 0.438 e. The van der Waals surface area contributed by atoms with Gasteiger partial charge in [-0.25, -0.2) is 0 Å². The summed E-state index contributed by atoms with van der Waals surface area (Å²) in [4.78, 5) is 14.2. The van der Waals surface area contributed by atoms with Crippen molar-refractivity contribution < 1.29 is 9.21 Å². The predicted molar refractivity (Wildman–Crippen MR) is 113 cm³/mol. The molecular weight excluding hydrogens is 382 g/mol. The summed E-state index contributed by atoms with van der Waals surface area (Å²) in [7, 11) is 0. The first-order valence-electron chi connectivity index (χ1n) is 9.52. The molecule has 6 heteroatoms. The minimum atomic E-state index is -0.427. The standard InChI is InChI=1S/C23H17N3O2S/c24-12-18-15-7-3-4-8-20(15)29-23(18)26-22(27)17-11-16-14-6-2-1-5-13(14)9-10-19(16)28-21(17)25/h1-2,5-6,9-11,25H,3-4,7-8H2,(H,26,27). The number of thiophene rings is 1. The van der Waals surface area contributed by atoms with E-state index in [-0.39, 0.29) is 11.1 Å². The molecule has 1 aliphatic rings. The summed E-state index contributed by atoms with van der Waals surface area (Å²) >= 11 is 1.48. The van der Waals surface area contributed by atoms with Gasteiger partial charge in [0.05, 0.1) is 5.56 Å². The van der Waals surface area contributed by atoms with E-state index < -0.39 is 5.91 Å². The minimum absolute atomic E-state index is 0.157. The van der Waals surface area contributed by atoms with E-state index in [2.05, 4.69) is 11.4 Å². The number of carbonyl (C=O) groups excluding carboxylic acids is 1. The van der Waals surface area contributed by atoms with Crippen molar-refractivity contribution in [2.24, 2.45) is 0 Å². The second-order valence-corrected chi connectivity index (χ2v) is 8.27. The number of anilines is 1. The maximum atomic E-state index is 13.0. The molecular formula is C23H17N3O2S. The summed E-state index contributed by atoms with van der Waals surface area (Å²) in [5, 5.41) is 24.0. The van der Waals surface area contributed by atoms with Crippen LogP contribution in [0.5, 0.6) is 0 Å². The van der Waals surface area contributed by atoms with Gasteiger partial charge >= 0.3 is 0 Å². The van der Waals surface area contributed by atoms with Crippen molar-refractivity contribution in [1.29, 1.82) is 10.7 Å². The van der Waals surface area contributed by atoms with E-state index in [0.717, 1.165) is 47.4 Å². The molecule has 2 N–H and O–H groups in total. The van der Waals surface area contributed by atoms with Gasteiger partial charge in [0.25, 0.3) is 5.91 Å². The van der Waals surface area contributed by atoms with Gasteiger partial charge in [0, 0.05) is 10.3 Å². The highest BCUT2D eigenvalue weighted by molar-refractivity contribution is 7.16. The number of fused-ring (bicyclic) bond motifs is 4. The molecule has 142 valence electrons. The zero-order chi connectivity index (χ0) is 20.0. The smallest absolute Gasteiger partial charge is 0.261 e. The summed E-state index contributed by atoms with van der Waals surface area (Å²) in [5.74, 6) is -0.427. The predicted octanol–water partition coefficient (Wildman–Crippen LogP) is 5.13. The van der Waals surface area contributed by atoms with Gasteiger partial charge in [-0.15, -0.1) is 11.3 Å². The molecule has 0 saturated carbocycles. The Bertz CT molecular complexity index is 1390. The summed E-state index contributed by atoms with van der Waals surface area (Å²) in [5.41, 5.74) is 2.16. The fourth-order valence-corrected chi connectivity index (χ4v) is 5.23.